The number of carbonyl (C=O) groups excluding carboxylic acids is 1. The Morgan fingerprint density at radius 2 is 1.88 bits per heavy atom. The molecule has 0 aromatic heterocycles. The maximum atomic E-state index is 11.9. The number of alkyl halides is 2. The smallest absolute Gasteiger partial charge is 0.255 e. The second-order valence-corrected chi connectivity index (χ2v) is 5.37. The molecule has 1 atom stereocenters. The van der Waals surface area contributed by atoms with Gasteiger partial charge < -0.3 is 11.1 Å². The SMILES string of the molecule is CC(C)(C)C(CCN)CCC(=O)NCC(F)F. The van der Waals surface area contributed by atoms with Crippen molar-refractivity contribution < 1.29 is 13.6 Å². The number of carbonyl (C=O) groups is 1. The Kier molecular flexibility index (Phi) is 7.27. The predicted octanol–water partition coefficient (Wildman–Crippen LogP) is 2.16. The van der Waals surface area contributed by atoms with Crippen molar-refractivity contribution in [1.82, 2.24) is 5.32 Å². The van der Waals surface area contributed by atoms with Gasteiger partial charge in [0.25, 0.3) is 6.43 Å². The molecule has 0 radical (unpaired) electrons. The first-order chi connectivity index (χ1) is 7.77. The molecule has 1 amide bonds. The van der Waals surface area contributed by atoms with E-state index in [2.05, 4.69) is 26.1 Å². The van der Waals surface area contributed by atoms with E-state index < -0.39 is 13.0 Å². The quantitative estimate of drug-likeness (QED) is 0.727. The fourth-order valence-electron chi connectivity index (χ4n) is 1.80. The number of hydrogen-bond donors (Lipinski definition) is 2. The van der Waals surface area contributed by atoms with Gasteiger partial charge in [0.15, 0.2) is 0 Å². The minimum absolute atomic E-state index is 0.0857. The van der Waals surface area contributed by atoms with E-state index in [1.807, 2.05) is 0 Å². The van der Waals surface area contributed by atoms with Gasteiger partial charge >= 0.3 is 0 Å². The van der Waals surface area contributed by atoms with Crippen LogP contribution in [0.15, 0.2) is 0 Å². The van der Waals surface area contributed by atoms with Crippen molar-refractivity contribution >= 4 is 5.91 Å². The number of halogens is 2. The summed E-state index contributed by atoms with van der Waals surface area (Å²) in [6.45, 7) is 6.33. The predicted molar refractivity (Wildman–Crippen MR) is 64.9 cm³/mol. The van der Waals surface area contributed by atoms with Crippen molar-refractivity contribution in [2.75, 3.05) is 13.1 Å². The van der Waals surface area contributed by atoms with Gasteiger partial charge in [-0.25, -0.2) is 8.78 Å². The average Bonchev–Trinajstić information content (AvgIpc) is 2.19. The van der Waals surface area contributed by atoms with Gasteiger partial charge in [0, 0.05) is 6.42 Å². The standard InChI is InChI=1S/C12H24F2N2O/c1-12(2,3)9(6-7-15)4-5-11(17)16-8-10(13)14/h9-10H,4-8,15H2,1-3H3,(H,16,17). The zero-order valence-corrected chi connectivity index (χ0v) is 10.9. The van der Waals surface area contributed by atoms with Crippen LogP contribution < -0.4 is 11.1 Å². The second kappa shape index (κ2) is 7.58. The Morgan fingerprint density at radius 1 is 1.29 bits per heavy atom. The van der Waals surface area contributed by atoms with Gasteiger partial charge in [-0.15, -0.1) is 0 Å². The van der Waals surface area contributed by atoms with Crippen LogP contribution in [0.1, 0.15) is 40.0 Å². The summed E-state index contributed by atoms with van der Waals surface area (Å²) in [6, 6.07) is 0. The summed E-state index contributed by atoms with van der Waals surface area (Å²) in [6.07, 6.45) is -0.655. The Labute approximate surface area is 102 Å². The van der Waals surface area contributed by atoms with Crippen molar-refractivity contribution in [2.45, 2.75) is 46.5 Å². The van der Waals surface area contributed by atoms with E-state index >= 15 is 0 Å². The number of nitrogens with one attached hydrogen (secondary N) is 1. The van der Waals surface area contributed by atoms with Crippen LogP contribution in [0.4, 0.5) is 8.78 Å². The van der Waals surface area contributed by atoms with Crippen LogP contribution in [-0.4, -0.2) is 25.4 Å². The second-order valence-electron chi connectivity index (χ2n) is 5.37. The first-order valence-corrected chi connectivity index (χ1v) is 6.02. The van der Waals surface area contributed by atoms with Gasteiger partial charge in [-0.05, 0) is 30.7 Å². The molecule has 0 heterocycles. The molecule has 5 heteroatoms. The van der Waals surface area contributed by atoms with Crippen molar-refractivity contribution in [3.05, 3.63) is 0 Å². The minimum atomic E-state index is -2.48. The number of hydrogen-bond acceptors (Lipinski definition) is 2. The van der Waals surface area contributed by atoms with Crippen LogP contribution in [0.25, 0.3) is 0 Å². The molecule has 0 spiro atoms. The number of amides is 1. The van der Waals surface area contributed by atoms with E-state index in [1.165, 1.54) is 0 Å². The lowest BCUT2D eigenvalue weighted by Gasteiger charge is -2.30. The highest BCUT2D eigenvalue weighted by Gasteiger charge is 2.24. The highest BCUT2D eigenvalue weighted by Crippen LogP contribution is 2.31. The molecule has 0 aromatic carbocycles. The third-order valence-corrected chi connectivity index (χ3v) is 2.91. The topological polar surface area (TPSA) is 55.1 Å². The first kappa shape index (κ1) is 16.3. The molecular weight excluding hydrogens is 226 g/mol. The molecule has 3 N–H and O–H groups in total. The molecule has 0 bridgehead atoms. The van der Waals surface area contributed by atoms with Gasteiger partial charge in [0.1, 0.15) is 0 Å². The monoisotopic (exact) mass is 250 g/mol. The molecule has 0 saturated heterocycles. The van der Waals surface area contributed by atoms with E-state index in [0.717, 1.165) is 6.42 Å². The summed E-state index contributed by atoms with van der Waals surface area (Å²) in [4.78, 5) is 11.3. The van der Waals surface area contributed by atoms with Gasteiger partial charge in [-0.1, -0.05) is 20.8 Å². The van der Waals surface area contributed by atoms with Gasteiger partial charge in [-0.3, -0.25) is 4.79 Å². The maximum Gasteiger partial charge on any atom is 0.255 e. The van der Waals surface area contributed by atoms with E-state index in [1.54, 1.807) is 0 Å². The molecule has 0 aliphatic rings. The molecule has 0 aromatic rings. The fourth-order valence-corrected chi connectivity index (χ4v) is 1.80. The minimum Gasteiger partial charge on any atom is -0.350 e. The molecule has 3 nitrogen and oxygen atoms in total. The summed E-state index contributed by atoms with van der Waals surface area (Å²) >= 11 is 0. The van der Waals surface area contributed by atoms with Crippen LogP contribution in [0.2, 0.25) is 0 Å². The summed E-state index contributed by atoms with van der Waals surface area (Å²) in [5.74, 6) is 0.0290. The molecule has 102 valence electrons. The molecule has 0 fully saturated rings. The molecule has 0 rings (SSSR count). The van der Waals surface area contributed by atoms with Gasteiger partial charge in [0.05, 0.1) is 6.54 Å². The average molecular weight is 250 g/mol. The van der Waals surface area contributed by atoms with Crippen molar-refractivity contribution in [2.24, 2.45) is 17.1 Å². The summed E-state index contributed by atoms with van der Waals surface area (Å²) in [5, 5.41) is 2.21. The van der Waals surface area contributed by atoms with E-state index in [4.69, 9.17) is 5.73 Å². The Morgan fingerprint density at radius 3 is 2.29 bits per heavy atom. The van der Waals surface area contributed by atoms with Crippen LogP contribution >= 0.6 is 0 Å². The number of nitrogens with two attached hydrogens (primary N) is 1. The van der Waals surface area contributed by atoms with Gasteiger partial charge in [0.2, 0.25) is 5.91 Å². The molecule has 0 aliphatic heterocycles. The fraction of sp³-hybridized carbons (Fsp3) is 0.917. The largest absolute Gasteiger partial charge is 0.350 e. The van der Waals surface area contributed by atoms with E-state index in [-0.39, 0.29) is 17.7 Å². The zero-order chi connectivity index (χ0) is 13.5. The highest BCUT2D eigenvalue weighted by atomic mass is 19.3. The number of rotatable bonds is 7. The summed E-state index contributed by atoms with van der Waals surface area (Å²) < 4.78 is 23.7. The van der Waals surface area contributed by atoms with Crippen LogP contribution in [0.5, 0.6) is 0 Å². The Hall–Kier alpha value is -0.710. The van der Waals surface area contributed by atoms with Crippen LogP contribution in [0.3, 0.4) is 0 Å². The van der Waals surface area contributed by atoms with Gasteiger partial charge in [-0.2, -0.15) is 0 Å². The molecular formula is C12H24F2N2O. The third-order valence-electron chi connectivity index (χ3n) is 2.91. The molecule has 0 aliphatic carbocycles. The molecule has 17 heavy (non-hydrogen) atoms. The maximum absolute atomic E-state index is 11.9. The highest BCUT2D eigenvalue weighted by molar-refractivity contribution is 5.75. The molecule has 0 saturated carbocycles. The van der Waals surface area contributed by atoms with E-state index in [9.17, 15) is 13.6 Å². The van der Waals surface area contributed by atoms with Crippen molar-refractivity contribution in [3.8, 4) is 0 Å². The van der Waals surface area contributed by atoms with Crippen molar-refractivity contribution in [1.29, 1.82) is 0 Å². The lowest BCUT2D eigenvalue weighted by molar-refractivity contribution is -0.122. The summed E-state index contributed by atoms with van der Waals surface area (Å²) in [7, 11) is 0. The normalized spacial score (nSPS) is 13.8. The lowest BCUT2D eigenvalue weighted by Crippen LogP contribution is -2.30. The molecule has 1 unspecified atom stereocenters. The zero-order valence-electron chi connectivity index (χ0n) is 10.9. The lowest BCUT2D eigenvalue weighted by atomic mass is 9.76. The van der Waals surface area contributed by atoms with Crippen LogP contribution in [-0.2, 0) is 4.79 Å². The Balaban J connectivity index is 4.00. The Bertz CT molecular complexity index is 227. The van der Waals surface area contributed by atoms with E-state index in [0.29, 0.717) is 18.9 Å². The van der Waals surface area contributed by atoms with Crippen molar-refractivity contribution in [3.63, 3.8) is 0 Å². The summed E-state index contributed by atoms with van der Waals surface area (Å²) in [5.41, 5.74) is 5.62. The first-order valence-electron chi connectivity index (χ1n) is 6.02. The third kappa shape index (κ3) is 8.07. The van der Waals surface area contributed by atoms with Crippen LogP contribution in [0, 0.1) is 11.3 Å².